The molecule has 2 rings (SSSR count). The molecule has 2 aliphatic rings. The average molecular weight is 309 g/mol. The summed E-state index contributed by atoms with van der Waals surface area (Å²) in [5, 5.41) is 2.84. The van der Waals surface area contributed by atoms with Crippen LogP contribution in [-0.4, -0.2) is 54.7 Å². The van der Waals surface area contributed by atoms with E-state index in [1.165, 1.54) is 32.1 Å². The maximum absolute atomic E-state index is 12.1. The maximum Gasteiger partial charge on any atom is 0.409 e. The van der Waals surface area contributed by atoms with E-state index in [4.69, 9.17) is 4.74 Å². The van der Waals surface area contributed by atoms with Crippen LogP contribution in [0.4, 0.5) is 9.59 Å². The third-order valence-electron chi connectivity index (χ3n) is 4.32. The predicted molar refractivity (Wildman–Crippen MR) is 84.4 cm³/mol. The second kappa shape index (κ2) is 8.66. The summed E-state index contributed by atoms with van der Waals surface area (Å²) in [6.07, 6.45) is 9.98. The highest BCUT2D eigenvalue weighted by atomic mass is 16.6. The normalized spacial score (nSPS) is 20.2. The van der Waals surface area contributed by atoms with Gasteiger partial charge in [-0.1, -0.05) is 25.3 Å². The highest BCUT2D eigenvalue weighted by molar-refractivity contribution is 5.75. The molecule has 6 heteroatoms. The van der Waals surface area contributed by atoms with Crippen LogP contribution in [0.1, 0.15) is 39.0 Å². The van der Waals surface area contributed by atoms with Crippen molar-refractivity contribution in [1.29, 1.82) is 0 Å². The predicted octanol–water partition coefficient (Wildman–Crippen LogP) is 2.56. The number of carbonyl (C=O) groups excluding carboxylic acids is 2. The van der Waals surface area contributed by atoms with E-state index in [1.807, 2.05) is 0 Å². The van der Waals surface area contributed by atoms with Gasteiger partial charge in [-0.25, -0.2) is 9.59 Å². The number of rotatable bonds is 3. The van der Waals surface area contributed by atoms with E-state index in [0.29, 0.717) is 38.7 Å². The summed E-state index contributed by atoms with van der Waals surface area (Å²) in [6.45, 7) is 4.31. The maximum atomic E-state index is 12.1. The number of carbonyl (C=O) groups is 2. The number of hydrogen-bond acceptors (Lipinski definition) is 3. The third kappa shape index (κ3) is 4.93. The zero-order valence-corrected chi connectivity index (χ0v) is 13.4. The van der Waals surface area contributed by atoms with Gasteiger partial charge in [0.05, 0.1) is 6.61 Å². The quantitative estimate of drug-likeness (QED) is 0.871. The standard InChI is InChI=1S/C16H27N3O3/c1-2-22-16(21)19-12-10-18(11-13-19)15(20)17-9-8-14-6-4-3-5-7-14/h8-9,14H,2-7,10-13H2,1H3,(H,17,20)/b9-8+. The number of amides is 3. The van der Waals surface area contributed by atoms with Crippen LogP contribution in [0.15, 0.2) is 12.3 Å². The van der Waals surface area contributed by atoms with Crippen molar-refractivity contribution in [2.75, 3.05) is 32.8 Å². The first kappa shape index (κ1) is 16.6. The van der Waals surface area contributed by atoms with Crippen molar-refractivity contribution in [3.05, 3.63) is 12.3 Å². The molecule has 1 aliphatic heterocycles. The fraction of sp³-hybridized carbons (Fsp3) is 0.750. The summed E-state index contributed by atoms with van der Waals surface area (Å²) in [6, 6.07) is -0.0874. The first-order chi connectivity index (χ1) is 10.7. The second-order valence-electron chi connectivity index (χ2n) is 5.88. The molecule has 0 aromatic rings. The number of nitrogens with zero attached hydrogens (tertiary/aromatic N) is 2. The Morgan fingerprint density at radius 1 is 1.09 bits per heavy atom. The molecule has 1 N–H and O–H groups in total. The number of ether oxygens (including phenoxy) is 1. The van der Waals surface area contributed by atoms with Crippen LogP contribution in [0, 0.1) is 5.92 Å². The third-order valence-corrected chi connectivity index (χ3v) is 4.32. The molecule has 1 aliphatic carbocycles. The molecule has 3 amide bonds. The van der Waals surface area contributed by atoms with Gasteiger partial charge >= 0.3 is 12.1 Å². The number of allylic oxidation sites excluding steroid dienone is 1. The summed E-state index contributed by atoms with van der Waals surface area (Å²) in [7, 11) is 0. The minimum absolute atomic E-state index is 0.0874. The fourth-order valence-electron chi connectivity index (χ4n) is 2.98. The Morgan fingerprint density at radius 2 is 1.73 bits per heavy atom. The lowest BCUT2D eigenvalue weighted by Gasteiger charge is -2.33. The minimum Gasteiger partial charge on any atom is -0.450 e. The van der Waals surface area contributed by atoms with Crippen molar-refractivity contribution in [1.82, 2.24) is 15.1 Å². The second-order valence-corrected chi connectivity index (χ2v) is 5.88. The molecule has 1 saturated heterocycles. The Balaban J connectivity index is 1.68. The SMILES string of the molecule is CCOC(=O)N1CCN(C(=O)N/C=C/C2CCCCC2)CC1. The van der Waals surface area contributed by atoms with Gasteiger partial charge in [-0.2, -0.15) is 0 Å². The van der Waals surface area contributed by atoms with Gasteiger partial charge in [0.1, 0.15) is 0 Å². The van der Waals surface area contributed by atoms with E-state index >= 15 is 0 Å². The van der Waals surface area contributed by atoms with Crippen molar-refractivity contribution >= 4 is 12.1 Å². The van der Waals surface area contributed by atoms with Gasteiger partial charge < -0.3 is 19.9 Å². The van der Waals surface area contributed by atoms with E-state index in [2.05, 4.69) is 11.4 Å². The Hall–Kier alpha value is -1.72. The molecule has 1 saturated carbocycles. The highest BCUT2D eigenvalue weighted by Crippen LogP contribution is 2.24. The van der Waals surface area contributed by atoms with Crippen LogP contribution >= 0.6 is 0 Å². The molecule has 0 spiro atoms. The lowest BCUT2D eigenvalue weighted by molar-refractivity contribution is 0.0856. The van der Waals surface area contributed by atoms with Gasteiger partial charge in [-0.3, -0.25) is 0 Å². The van der Waals surface area contributed by atoms with Crippen LogP contribution in [0.2, 0.25) is 0 Å². The van der Waals surface area contributed by atoms with Crippen molar-refractivity contribution in [2.45, 2.75) is 39.0 Å². The zero-order valence-electron chi connectivity index (χ0n) is 13.4. The molecule has 22 heavy (non-hydrogen) atoms. The average Bonchev–Trinajstić information content (AvgIpc) is 2.56. The van der Waals surface area contributed by atoms with Crippen LogP contribution in [0.25, 0.3) is 0 Å². The monoisotopic (exact) mass is 309 g/mol. The Morgan fingerprint density at radius 3 is 2.36 bits per heavy atom. The van der Waals surface area contributed by atoms with Crippen LogP contribution in [0.3, 0.4) is 0 Å². The molecule has 124 valence electrons. The lowest BCUT2D eigenvalue weighted by Crippen LogP contribution is -2.52. The molecule has 0 atom stereocenters. The van der Waals surface area contributed by atoms with Gasteiger partial charge in [-0.15, -0.1) is 0 Å². The summed E-state index contributed by atoms with van der Waals surface area (Å²) < 4.78 is 4.97. The van der Waals surface area contributed by atoms with Crippen LogP contribution < -0.4 is 5.32 Å². The number of piperazine rings is 1. The van der Waals surface area contributed by atoms with Crippen LogP contribution in [-0.2, 0) is 4.74 Å². The zero-order chi connectivity index (χ0) is 15.8. The number of urea groups is 1. The minimum atomic E-state index is -0.292. The molecule has 0 aromatic carbocycles. The van der Waals surface area contributed by atoms with Gasteiger partial charge in [0.25, 0.3) is 0 Å². The van der Waals surface area contributed by atoms with E-state index in [0.717, 1.165) is 0 Å². The van der Waals surface area contributed by atoms with Gasteiger partial charge in [0.2, 0.25) is 0 Å². The van der Waals surface area contributed by atoms with E-state index < -0.39 is 0 Å². The molecule has 0 radical (unpaired) electrons. The molecule has 0 aromatic heterocycles. The Kier molecular flexibility index (Phi) is 6.55. The number of hydrogen-bond donors (Lipinski definition) is 1. The van der Waals surface area contributed by atoms with Crippen molar-refractivity contribution in [2.24, 2.45) is 5.92 Å². The van der Waals surface area contributed by atoms with E-state index in [1.54, 1.807) is 22.9 Å². The summed E-state index contributed by atoms with van der Waals surface area (Å²) >= 11 is 0. The lowest BCUT2D eigenvalue weighted by atomic mass is 9.89. The molecule has 0 unspecified atom stereocenters. The van der Waals surface area contributed by atoms with E-state index in [9.17, 15) is 9.59 Å². The molecule has 6 nitrogen and oxygen atoms in total. The van der Waals surface area contributed by atoms with Gasteiger partial charge in [0, 0.05) is 32.4 Å². The summed E-state index contributed by atoms with van der Waals surface area (Å²) in [5.74, 6) is 0.606. The molecular formula is C16H27N3O3. The van der Waals surface area contributed by atoms with Crippen LogP contribution in [0.5, 0.6) is 0 Å². The molecular weight excluding hydrogens is 282 g/mol. The number of nitrogens with one attached hydrogen (secondary N) is 1. The Labute approximate surface area is 132 Å². The van der Waals surface area contributed by atoms with Gasteiger partial charge in [0.15, 0.2) is 0 Å². The molecule has 0 bridgehead atoms. The smallest absolute Gasteiger partial charge is 0.409 e. The van der Waals surface area contributed by atoms with Crippen molar-refractivity contribution < 1.29 is 14.3 Å². The molecule has 2 fully saturated rings. The fourth-order valence-corrected chi connectivity index (χ4v) is 2.98. The topological polar surface area (TPSA) is 61.9 Å². The highest BCUT2D eigenvalue weighted by Gasteiger charge is 2.24. The Bertz CT molecular complexity index is 397. The van der Waals surface area contributed by atoms with E-state index in [-0.39, 0.29) is 12.1 Å². The molecule has 1 heterocycles. The van der Waals surface area contributed by atoms with Gasteiger partial charge in [-0.05, 0) is 25.7 Å². The largest absolute Gasteiger partial charge is 0.450 e. The van der Waals surface area contributed by atoms with Crippen molar-refractivity contribution in [3.8, 4) is 0 Å². The summed E-state index contributed by atoms with van der Waals surface area (Å²) in [4.78, 5) is 27.0. The summed E-state index contributed by atoms with van der Waals surface area (Å²) in [5.41, 5.74) is 0. The first-order valence-corrected chi connectivity index (χ1v) is 8.34. The van der Waals surface area contributed by atoms with Crippen molar-refractivity contribution in [3.63, 3.8) is 0 Å². The first-order valence-electron chi connectivity index (χ1n) is 8.34.